The number of carbonyl (C=O) groups excluding carboxylic acids is 1. The minimum absolute atomic E-state index is 0.0373. The lowest BCUT2D eigenvalue weighted by molar-refractivity contribution is -0.119. The first-order valence-corrected chi connectivity index (χ1v) is 11.8. The van der Waals surface area contributed by atoms with Crippen molar-refractivity contribution in [1.29, 1.82) is 0 Å². The zero-order chi connectivity index (χ0) is 21.6. The van der Waals surface area contributed by atoms with Crippen LogP contribution >= 0.6 is 11.8 Å². The molecule has 0 radical (unpaired) electrons. The van der Waals surface area contributed by atoms with Crippen LogP contribution in [0.25, 0.3) is 5.69 Å². The van der Waals surface area contributed by atoms with Gasteiger partial charge in [0, 0.05) is 18.2 Å². The Labute approximate surface area is 187 Å². The number of hydrogen-bond acceptors (Lipinski definition) is 5. The van der Waals surface area contributed by atoms with E-state index < -0.39 is 0 Å². The van der Waals surface area contributed by atoms with E-state index in [-0.39, 0.29) is 11.9 Å². The molecule has 4 rings (SSSR count). The van der Waals surface area contributed by atoms with Gasteiger partial charge in [-0.3, -0.25) is 9.36 Å². The summed E-state index contributed by atoms with van der Waals surface area (Å²) in [6.07, 6.45) is 3.08. The molecule has 0 spiro atoms. The van der Waals surface area contributed by atoms with E-state index in [2.05, 4.69) is 34.6 Å². The number of thioether (sulfide) groups is 1. The summed E-state index contributed by atoms with van der Waals surface area (Å²) in [7, 11) is 0. The van der Waals surface area contributed by atoms with Crippen LogP contribution in [0.3, 0.4) is 0 Å². The summed E-state index contributed by atoms with van der Waals surface area (Å²) in [6.45, 7) is 4.68. The molecule has 1 heterocycles. The Balaban J connectivity index is 1.54. The molecule has 1 saturated carbocycles. The van der Waals surface area contributed by atoms with Gasteiger partial charge in [-0.1, -0.05) is 42.1 Å². The van der Waals surface area contributed by atoms with E-state index in [4.69, 9.17) is 4.74 Å². The van der Waals surface area contributed by atoms with Crippen molar-refractivity contribution in [2.75, 3.05) is 12.4 Å². The summed E-state index contributed by atoms with van der Waals surface area (Å²) in [5.41, 5.74) is 2.11. The third-order valence-electron chi connectivity index (χ3n) is 5.36. The van der Waals surface area contributed by atoms with E-state index >= 15 is 0 Å². The standard InChI is InChI=1S/C24H28N4O2S/c1-3-30-21-13-11-20(12-14-21)28-22(15-18-7-5-4-6-8-18)26-27-24(28)31-16-23(29)25-17(2)19-9-10-19/h4-8,11-14,17,19H,3,9-10,15-16H2,1-2H3,(H,25,29). The van der Waals surface area contributed by atoms with Gasteiger partial charge >= 0.3 is 0 Å². The highest BCUT2D eigenvalue weighted by molar-refractivity contribution is 7.99. The van der Waals surface area contributed by atoms with Gasteiger partial charge in [0.15, 0.2) is 5.16 Å². The van der Waals surface area contributed by atoms with Gasteiger partial charge in [0.2, 0.25) is 5.91 Å². The molecule has 1 aromatic heterocycles. The van der Waals surface area contributed by atoms with E-state index in [0.29, 0.717) is 29.9 Å². The first kappa shape index (κ1) is 21.4. The average molecular weight is 437 g/mol. The topological polar surface area (TPSA) is 69.0 Å². The van der Waals surface area contributed by atoms with E-state index in [1.165, 1.54) is 24.6 Å². The van der Waals surface area contributed by atoms with E-state index in [0.717, 1.165) is 22.8 Å². The molecule has 0 aliphatic heterocycles. The second kappa shape index (κ2) is 10.0. The fourth-order valence-corrected chi connectivity index (χ4v) is 4.33. The molecule has 6 nitrogen and oxygen atoms in total. The van der Waals surface area contributed by atoms with Gasteiger partial charge in [-0.05, 0) is 62.4 Å². The quantitative estimate of drug-likeness (QED) is 0.481. The number of amides is 1. The first-order valence-electron chi connectivity index (χ1n) is 10.8. The highest BCUT2D eigenvalue weighted by atomic mass is 32.2. The van der Waals surface area contributed by atoms with Crippen molar-refractivity contribution in [3.8, 4) is 11.4 Å². The molecule has 1 aliphatic carbocycles. The van der Waals surface area contributed by atoms with Crippen molar-refractivity contribution >= 4 is 17.7 Å². The highest BCUT2D eigenvalue weighted by Gasteiger charge is 2.29. The lowest BCUT2D eigenvalue weighted by atomic mass is 10.1. The van der Waals surface area contributed by atoms with Crippen LogP contribution in [0.1, 0.15) is 38.1 Å². The summed E-state index contributed by atoms with van der Waals surface area (Å²) in [5.74, 6) is 2.66. The molecule has 0 saturated heterocycles. The van der Waals surface area contributed by atoms with Gasteiger partial charge in [-0.2, -0.15) is 0 Å². The second-order valence-electron chi connectivity index (χ2n) is 7.81. The van der Waals surface area contributed by atoms with Crippen molar-refractivity contribution in [1.82, 2.24) is 20.1 Å². The normalized spacial score (nSPS) is 14.3. The molecule has 1 aliphatic rings. The number of carbonyl (C=O) groups is 1. The van der Waals surface area contributed by atoms with Crippen LogP contribution in [0.5, 0.6) is 5.75 Å². The Morgan fingerprint density at radius 2 is 1.90 bits per heavy atom. The minimum atomic E-state index is 0.0373. The maximum atomic E-state index is 12.4. The van der Waals surface area contributed by atoms with Crippen LogP contribution in [0.15, 0.2) is 59.8 Å². The number of ether oxygens (including phenoxy) is 1. The molecule has 0 bridgehead atoms. The van der Waals surface area contributed by atoms with E-state index in [1.807, 2.05) is 54.0 Å². The molecule has 1 fully saturated rings. The highest BCUT2D eigenvalue weighted by Crippen LogP contribution is 2.32. The van der Waals surface area contributed by atoms with Crippen LogP contribution < -0.4 is 10.1 Å². The van der Waals surface area contributed by atoms with Gasteiger partial charge in [0.05, 0.1) is 12.4 Å². The van der Waals surface area contributed by atoms with Crippen LogP contribution in [0.2, 0.25) is 0 Å². The lowest BCUT2D eigenvalue weighted by Crippen LogP contribution is -2.35. The molecule has 3 aromatic rings. The fourth-order valence-electron chi connectivity index (χ4n) is 3.54. The predicted molar refractivity (Wildman–Crippen MR) is 123 cm³/mol. The summed E-state index contributed by atoms with van der Waals surface area (Å²) >= 11 is 1.42. The van der Waals surface area contributed by atoms with Gasteiger partial charge in [-0.25, -0.2) is 0 Å². The largest absolute Gasteiger partial charge is 0.494 e. The summed E-state index contributed by atoms with van der Waals surface area (Å²) in [5, 5.41) is 12.7. The van der Waals surface area contributed by atoms with Crippen LogP contribution in [0.4, 0.5) is 0 Å². The van der Waals surface area contributed by atoms with E-state index in [9.17, 15) is 4.79 Å². The van der Waals surface area contributed by atoms with Crippen molar-refractivity contribution in [3.05, 3.63) is 66.0 Å². The molecular weight excluding hydrogens is 408 g/mol. The van der Waals surface area contributed by atoms with Crippen LogP contribution in [-0.4, -0.2) is 39.1 Å². The zero-order valence-corrected chi connectivity index (χ0v) is 18.8. The Hall–Kier alpha value is -2.80. The van der Waals surface area contributed by atoms with Gasteiger partial charge in [0.25, 0.3) is 0 Å². The third-order valence-corrected chi connectivity index (χ3v) is 6.29. The molecule has 162 valence electrons. The Kier molecular flexibility index (Phi) is 6.92. The first-order chi connectivity index (χ1) is 15.1. The molecule has 31 heavy (non-hydrogen) atoms. The maximum absolute atomic E-state index is 12.4. The molecule has 1 amide bonds. The third kappa shape index (κ3) is 5.67. The molecular formula is C24H28N4O2S. The van der Waals surface area contributed by atoms with Crippen molar-refractivity contribution in [2.24, 2.45) is 5.92 Å². The minimum Gasteiger partial charge on any atom is -0.494 e. The van der Waals surface area contributed by atoms with Gasteiger partial charge < -0.3 is 10.1 Å². The number of benzene rings is 2. The summed E-state index contributed by atoms with van der Waals surface area (Å²) in [6, 6.07) is 18.3. The number of nitrogens with zero attached hydrogens (tertiary/aromatic N) is 3. The summed E-state index contributed by atoms with van der Waals surface area (Å²) < 4.78 is 7.61. The smallest absolute Gasteiger partial charge is 0.230 e. The Morgan fingerprint density at radius 1 is 1.16 bits per heavy atom. The average Bonchev–Trinajstić information content (AvgIpc) is 3.56. The molecule has 7 heteroatoms. The number of nitrogens with one attached hydrogen (secondary N) is 1. The zero-order valence-electron chi connectivity index (χ0n) is 18.0. The monoisotopic (exact) mass is 436 g/mol. The molecule has 2 aromatic carbocycles. The predicted octanol–water partition coefficient (Wildman–Crippen LogP) is 4.26. The Bertz CT molecular complexity index is 1000. The maximum Gasteiger partial charge on any atom is 0.230 e. The number of aromatic nitrogens is 3. The molecule has 1 unspecified atom stereocenters. The van der Waals surface area contributed by atoms with Crippen molar-refractivity contribution < 1.29 is 9.53 Å². The van der Waals surface area contributed by atoms with Crippen LogP contribution in [-0.2, 0) is 11.2 Å². The SMILES string of the molecule is CCOc1ccc(-n2c(Cc3ccccc3)nnc2SCC(=O)NC(C)C2CC2)cc1. The van der Waals surface area contributed by atoms with E-state index in [1.54, 1.807) is 0 Å². The van der Waals surface area contributed by atoms with Gasteiger partial charge in [0.1, 0.15) is 11.6 Å². The van der Waals surface area contributed by atoms with Crippen LogP contribution in [0, 0.1) is 5.92 Å². The second-order valence-corrected chi connectivity index (χ2v) is 8.75. The van der Waals surface area contributed by atoms with Crippen molar-refractivity contribution in [3.63, 3.8) is 0 Å². The number of rotatable bonds is 10. The summed E-state index contributed by atoms with van der Waals surface area (Å²) in [4.78, 5) is 12.4. The fraction of sp³-hybridized carbons (Fsp3) is 0.375. The lowest BCUT2D eigenvalue weighted by Gasteiger charge is -2.13. The Morgan fingerprint density at radius 3 is 2.58 bits per heavy atom. The van der Waals surface area contributed by atoms with Gasteiger partial charge in [-0.15, -0.1) is 10.2 Å². The van der Waals surface area contributed by atoms with Crippen molar-refractivity contribution in [2.45, 2.75) is 44.3 Å². The number of hydrogen-bond donors (Lipinski definition) is 1. The molecule has 1 N–H and O–H groups in total. The molecule has 1 atom stereocenters.